The lowest BCUT2D eigenvalue weighted by molar-refractivity contribution is -0.0592. The van der Waals surface area contributed by atoms with E-state index in [0.717, 1.165) is 80.3 Å². The molecule has 0 saturated carbocycles. The number of esters is 1. The Morgan fingerprint density at radius 1 is 1.08 bits per heavy atom. The molecule has 6 rings (SSSR count). The van der Waals surface area contributed by atoms with Crippen molar-refractivity contribution in [1.82, 2.24) is 24.2 Å². The van der Waals surface area contributed by atoms with Crippen molar-refractivity contribution < 1.29 is 19.0 Å². The number of hydrogen-bond acceptors (Lipinski definition) is 7. The van der Waals surface area contributed by atoms with Crippen molar-refractivity contribution in [3.63, 3.8) is 0 Å². The highest BCUT2D eigenvalue weighted by Crippen LogP contribution is 2.27. The third-order valence-electron chi connectivity index (χ3n) is 7.52. The normalized spacial score (nSPS) is 18.4. The molecule has 2 fully saturated rings. The van der Waals surface area contributed by atoms with E-state index >= 15 is 0 Å². The standard InChI is InChI=1S/C29H33N5O4/c1-36-29(35)21-7-8-26-27(17-21)33(18-25-12-16-37-25)28(30-26)19-32-13-10-23(11-14-32)34-15-9-22(31-34)20-38-24-5-3-2-4-6-24/h2-9,15,17,23,25H,10-14,16,18-20H2,1H3. The van der Waals surface area contributed by atoms with E-state index in [9.17, 15) is 4.79 Å². The van der Waals surface area contributed by atoms with Gasteiger partial charge in [-0.15, -0.1) is 0 Å². The minimum Gasteiger partial charge on any atom is -0.487 e. The molecule has 0 amide bonds. The van der Waals surface area contributed by atoms with Gasteiger partial charge in [0.15, 0.2) is 0 Å². The van der Waals surface area contributed by atoms with Crippen LogP contribution in [0.5, 0.6) is 5.75 Å². The zero-order valence-electron chi connectivity index (χ0n) is 21.7. The maximum Gasteiger partial charge on any atom is 0.337 e. The summed E-state index contributed by atoms with van der Waals surface area (Å²) < 4.78 is 20.8. The van der Waals surface area contributed by atoms with Gasteiger partial charge in [0, 0.05) is 25.9 Å². The van der Waals surface area contributed by atoms with Crippen LogP contribution in [0.3, 0.4) is 0 Å². The molecule has 0 N–H and O–H groups in total. The van der Waals surface area contributed by atoms with Crippen LogP contribution < -0.4 is 4.74 Å². The van der Waals surface area contributed by atoms with E-state index < -0.39 is 0 Å². The van der Waals surface area contributed by atoms with Crippen LogP contribution in [0.25, 0.3) is 11.0 Å². The number of ether oxygens (including phenoxy) is 3. The number of fused-ring (bicyclic) bond motifs is 1. The summed E-state index contributed by atoms with van der Waals surface area (Å²) in [7, 11) is 1.41. The molecule has 2 aromatic carbocycles. The summed E-state index contributed by atoms with van der Waals surface area (Å²) in [5, 5.41) is 4.78. The summed E-state index contributed by atoms with van der Waals surface area (Å²) in [6, 6.07) is 17.8. The van der Waals surface area contributed by atoms with Crippen LogP contribution in [0.1, 0.15) is 47.2 Å². The average Bonchev–Trinajstić information content (AvgIpc) is 3.54. The number of imidazole rings is 1. The van der Waals surface area contributed by atoms with Crippen molar-refractivity contribution in [2.75, 3.05) is 26.8 Å². The molecule has 9 heteroatoms. The number of rotatable bonds is 9. The van der Waals surface area contributed by atoms with Gasteiger partial charge in [0.1, 0.15) is 18.2 Å². The van der Waals surface area contributed by atoms with Crippen molar-refractivity contribution >= 4 is 17.0 Å². The van der Waals surface area contributed by atoms with Crippen molar-refractivity contribution in [3.05, 3.63) is 77.9 Å². The first-order valence-corrected chi connectivity index (χ1v) is 13.3. The number of benzene rings is 2. The van der Waals surface area contributed by atoms with Gasteiger partial charge >= 0.3 is 5.97 Å². The summed E-state index contributed by atoms with van der Waals surface area (Å²) in [4.78, 5) is 19.5. The summed E-state index contributed by atoms with van der Waals surface area (Å²) >= 11 is 0. The molecule has 1 unspecified atom stereocenters. The predicted octanol–water partition coefficient (Wildman–Crippen LogP) is 4.22. The Bertz CT molecular complexity index is 1390. The topological polar surface area (TPSA) is 83.6 Å². The maximum absolute atomic E-state index is 12.1. The molecule has 4 heterocycles. The van der Waals surface area contributed by atoms with Gasteiger partial charge in [-0.25, -0.2) is 9.78 Å². The van der Waals surface area contributed by atoms with Gasteiger partial charge in [0.2, 0.25) is 0 Å². The van der Waals surface area contributed by atoms with Gasteiger partial charge in [-0.2, -0.15) is 5.10 Å². The number of likely N-dealkylation sites (tertiary alicyclic amines) is 1. The maximum atomic E-state index is 12.1. The molecule has 198 valence electrons. The molecule has 0 radical (unpaired) electrons. The van der Waals surface area contributed by atoms with Crippen LogP contribution in [0.2, 0.25) is 0 Å². The van der Waals surface area contributed by atoms with Crippen LogP contribution in [0, 0.1) is 0 Å². The second-order valence-electron chi connectivity index (χ2n) is 10.0. The lowest BCUT2D eigenvalue weighted by atomic mass is 10.1. The fraction of sp³-hybridized carbons (Fsp3) is 0.414. The number of aromatic nitrogens is 4. The van der Waals surface area contributed by atoms with Crippen LogP contribution in [-0.4, -0.2) is 63.1 Å². The van der Waals surface area contributed by atoms with Gasteiger partial charge < -0.3 is 18.8 Å². The zero-order valence-corrected chi connectivity index (χ0v) is 21.7. The smallest absolute Gasteiger partial charge is 0.337 e. The highest BCUT2D eigenvalue weighted by molar-refractivity contribution is 5.93. The van der Waals surface area contributed by atoms with Gasteiger partial charge in [0.05, 0.1) is 54.6 Å². The van der Waals surface area contributed by atoms with Crippen LogP contribution in [0.4, 0.5) is 0 Å². The van der Waals surface area contributed by atoms with Crippen molar-refractivity contribution in [2.45, 2.75) is 51.1 Å². The molecule has 1 atom stereocenters. The number of carbonyl (C=O) groups is 1. The summed E-state index contributed by atoms with van der Waals surface area (Å²) in [5.41, 5.74) is 3.32. The average molecular weight is 516 g/mol. The first-order chi connectivity index (χ1) is 18.7. The molecule has 38 heavy (non-hydrogen) atoms. The Kier molecular flexibility index (Phi) is 7.11. The SMILES string of the molecule is COC(=O)c1ccc2nc(CN3CCC(n4ccc(COc5ccccc5)n4)CC3)n(CC3CCO3)c2c1. The highest BCUT2D eigenvalue weighted by Gasteiger charge is 2.26. The number of para-hydroxylation sites is 1. The molecular formula is C29H33N5O4. The Morgan fingerprint density at radius 2 is 1.89 bits per heavy atom. The Balaban J connectivity index is 1.10. The van der Waals surface area contributed by atoms with E-state index in [0.29, 0.717) is 18.2 Å². The van der Waals surface area contributed by atoms with Crippen molar-refractivity contribution in [3.8, 4) is 5.75 Å². The number of hydrogen-bond donors (Lipinski definition) is 0. The third kappa shape index (κ3) is 5.30. The van der Waals surface area contributed by atoms with Crippen molar-refractivity contribution in [1.29, 1.82) is 0 Å². The number of piperidine rings is 1. The minimum atomic E-state index is -0.337. The first-order valence-electron chi connectivity index (χ1n) is 13.3. The van der Waals surface area contributed by atoms with Crippen molar-refractivity contribution in [2.24, 2.45) is 0 Å². The van der Waals surface area contributed by atoms with Gasteiger partial charge in [-0.3, -0.25) is 9.58 Å². The van der Waals surface area contributed by atoms with Crippen LogP contribution >= 0.6 is 0 Å². The van der Waals surface area contributed by atoms with E-state index in [1.807, 2.05) is 48.5 Å². The van der Waals surface area contributed by atoms with E-state index in [1.165, 1.54) is 7.11 Å². The molecule has 0 bridgehead atoms. The zero-order chi connectivity index (χ0) is 25.9. The number of carbonyl (C=O) groups excluding carboxylic acids is 1. The summed E-state index contributed by atoms with van der Waals surface area (Å²) in [6.07, 6.45) is 5.36. The second kappa shape index (κ2) is 11.0. The quantitative estimate of drug-likeness (QED) is 0.309. The molecule has 9 nitrogen and oxygen atoms in total. The van der Waals surface area contributed by atoms with E-state index in [4.69, 9.17) is 24.3 Å². The third-order valence-corrected chi connectivity index (χ3v) is 7.52. The Labute approximate surface area is 221 Å². The second-order valence-corrected chi connectivity index (χ2v) is 10.0. The minimum absolute atomic E-state index is 0.193. The van der Waals surface area contributed by atoms with Gasteiger partial charge in [-0.1, -0.05) is 18.2 Å². The van der Waals surface area contributed by atoms with E-state index in [2.05, 4.69) is 20.3 Å². The molecule has 0 spiro atoms. The van der Waals surface area contributed by atoms with Crippen LogP contribution in [0.15, 0.2) is 60.8 Å². The van der Waals surface area contributed by atoms with Gasteiger partial charge in [0.25, 0.3) is 0 Å². The Morgan fingerprint density at radius 3 is 2.63 bits per heavy atom. The lowest BCUT2D eigenvalue weighted by Crippen LogP contribution is -2.36. The van der Waals surface area contributed by atoms with Crippen LogP contribution in [-0.2, 0) is 29.2 Å². The molecule has 2 aromatic heterocycles. The largest absolute Gasteiger partial charge is 0.487 e. The number of nitrogens with zero attached hydrogens (tertiary/aromatic N) is 5. The Hall–Kier alpha value is -3.69. The molecule has 2 aliphatic heterocycles. The van der Waals surface area contributed by atoms with E-state index in [-0.39, 0.29) is 12.1 Å². The fourth-order valence-corrected chi connectivity index (χ4v) is 5.25. The van der Waals surface area contributed by atoms with Gasteiger partial charge in [-0.05, 0) is 55.7 Å². The molecule has 0 aliphatic carbocycles. The molecule has 2 saturated heterocycles. The lowest BCUT2D eigenvalue weighted by Gasteiger charge is -2.32. The first kappa shape index (κ1) is 24.6. The van der Waals surface area contributed by atoms with E-state index in [1.54, 1.807) is 6.07 Å². The number of methoxy groups -OCH3 is 1. The molecular weight excluding hydrogens is 482 g/mol. The molecule has 4 aromatic rings. The predicted molar refractivity (Wildman–Crippen MR) is 142 cm³/mol. The summed E-state index contributed by atoms with van der Waals surface area (Å²) in [6.45, 7) is 4.72. The monoisotopic (exact) mass is 515 g/mol. The highest BCUT2D eigenvalue weighted by atomic mass is 16.5. The fourth-order valence-electron chi connectivity index (χ4n) is 5.25. The summed E-state index contributed by atoms with van der Waals surface area (Å²) in [5.74, 6) is 1.53. The molecule has 2 aliphatic rings.